The van der Waals surface area contributed by atoms with Crippen LogP contribution in [0.4, 0.5) is 0 Å². The van der Waals surface area contributed by atoms with Crippen molar-refractivity contribution in [2.45, 2.75) is 52.4 Å². The van der Waals surface area contributed by atoms with Gasteiger partial charge in [-0.05, 0) is 101 Å². The Bertz CT molecular complexity index is 1430. The summed E-state index contributed by atoms with van der Waals surface area (Å²) in [4.78, 5) is 15.7. The molecule has 5 rings (SSSR count). The molecule has 0 amide bonds. The van der Waals surface area contributed by atoms with Crippen molar-refractivity contribution in [2.75, 3.05) is 41.3 Å². The monoisotopic (exact) mass is 556 g/mol. The maximum Gasteiger partial charge on any atom is 0.310 e. The second-order valence-electron chi connectivity index (χ2n) is 11.7. The van der Waals surface area contributed by atoms with Crippen molar-refractivity contribution in [1.29, 1.82) is 0 Å². The van der Waals surface area contributed by atoms with Crippen LogP contribution in [0.25, 0.3) is 11.1 Å². The zero-order chi connectivity index (χ0) is 29.7. The number of benzene rings is 2. The molecule has 0 aliphatic heterocycles. The number of nitrogens with zero attached hydrogens (tertiary/aromatic N) is 4. The van der Waals surface area contributed by atoms with Gasteiger partial charge in [-0.1, -0.05) is 59.7 Å². The van der Waals surface area contributed by atoms with Crippen LogP contribution in [0.1, 0.15) is 66.6 Å². The minimum absolute atomic E-state index is 0.141. The van der Waals surface area contributed by atoms with E-state index < -0.39 is 11.9 Å². The van der Waals surface area contributed by atoms with Crippen LogP contribution in [-0.4, -0.2) is 72.4 Å². The minimum atomic E-state index is -0.742. The average Bonchev–Trinajstić information content (AvgIpc) is 3.64. The molecule has 0 saturated heterocycles. The molecule has 1 N–H and O–H groups in total. The van der Waals surface area contributed by atoms with Gasteiger partial charge < -0.3 is 19.3 Å². The molecule has 218 valence electrons. The predicted molar refractivity (Wildman–Crippen MR) is 165 cm³/mol. The number of hydrogen-bond donors (Lipinski definition) is 1. The third kappa shape index (κ3) is 7.21. The standard InChI is InChI=1S/C18H23N3O.C16H21NO2/c1-12(18-20-19-13(2)22-18)17-15(9-10-21(3)4)11-14-7-5-6-8-16(14)17;1-11(16(18)19)15-13(8-9-17(2)3)10-12-6-4-5-7-14(12)15/h5-8,12H,9-11H2,1-4H3;4-7,11H,8-10H2,1-3H3,(H,18,19). The molecule has 2 atom stereocenters. The van der Waals surface area contributed by atoms with Gasteiger partial charge in [0.25, 0.3) is 0 Å². The molecule has 2 aromatic carbocycles. The Morgan fingerprint density at radius 1 is 0.829 bits per heavy atom. The number of carboxylic acid groups (broad SMARTS) is 1. The topological polar surface area (TPSA) is 82.7 Å². The Labute approximate surface area is 244 Å². The van der Waals surface area contributed by atoms with Crippen molar-refractivity contribution in [3.05, 3.63) is 93.7 Å². The Balaban J connectivity index is 0.000000191. The minimum Gasteiger partial charge on any atom is -0.481 e. The summed E-state index contributed by atoms with van der Waals surface area (Å²) in [5, 5.41) is 17.5. The lowest BCUT2D eigenvalue weighted by atomic mass is 9.92. The number of hydrogen-bond acceptors (Lipinski definition) is 6. The third-order valence-corrected chi connectivity index (χ3v) is 8.05. The summed E-state index contributed by atoms with van der Waals surface area (Å²) < 4.78 is 5.68. The molecule has 0 fully saturated rings. The molecule has 3 aromatic rings. The number of carboxylic acids is 1. The summed E-state index contributed by atoms with van der Waals surface area (Å²) in [6.07, 6.45) is 3.96. The Hall–Kier alpha value is -3.55. The zero-order valence-corrected chi connectivity index (χ0v) is 25.6. The molecular formula is C34H44N4O3. The molecule has 2 unspecified atom stereocenters. The van der Waals surface area contributed by atoms with Crippen LogP contribution in [0.15, 0.2) is 64.1 Å². The Morgan fingerprint density at radius 3 is 1.78 bits per heavy atom. The van der Waals surface area contributed by atoms with E-state index in [1.54, 1.807) is 6.92 Å². The SMILES string of the molecule is CC(C(=O)O)C1=C(CCN(C)C)Cc2ccccc21.Cc1nnc(C(C)C2=C(CCN(C)C)Cc3ccccc32)o1. The quantitative estimate of drug-likeness (QED) is 0.323. The largest absolute Gasteiger partial charge is 0.481 e. The van der Waals surface area contributed by atoms with Crippen LogP contribution in [-0.2, 0) is 17.6 Å². The van der Waals surface area contributed by atoms with E-state index in [1.807, 2.05) is 39.2 Å². The fourth-order valence-electron chi connectivity index (χ4n) is 5.88. The van der Waals surface area contributed by atoms with Crippen LogP contribution in [0.3, 0.4) is 0 Å². The highest BCUT2D eigenvalue weighted by molar-refractivity contribution is 5.91. The van der Waals surface area contributed by atoms with Gasteiger partial charge in [0.2, 0.25) is 11.8 Å². The number of allylic oxidation sites excluding steroid dienone is 1. The highest BCUT2D eigenvalue weighted by Gasteiger charge is 2.29. The zero-order valence-electron chi connectivity index (χ0n) is 25.6. The van der Waals surface area contributed by atoms with Gasteiger partial charge >= 0.3 is 5.97 Å². The van der Waals surface area contributed by atoms with E-state index in [2.05, 4.69) is 71.3 Å². The molecule has 7 nitrogen and oxygen atoms in total. The first-order valence-corrected chi connectivity index (χ1v) is 14.5. The lowest BCUT2D eigenvalue weighted by Gasteiger charge is -2.15. The van der Waals surface area contributed by atoms with Crippen molar-refractivity contribution in [3.63, 3.8) is 0 Å². The van der Waals surface area contributed by atoms with E-state index in [1.165, 1.54) is 33.4 Å². The van der Waals surface area contributed by atoms with E-state index in [-0.39, 0.29) is 5.92 Å². The van der Waals surface area contributed by atoms with Gasteiger partial charge in [-0.25, -0.2) is 0 Å². The highest BCUT2D eigenvalue weighted by atomic mass is 16.4. The number of aromatic nitrogens is 2. The Morgan fingerprint density at radius 2 is 1.32 bits per heavy atom. The molecule has 0 radical (unpaired) electrons. The number of aliphatic carboxylic acids is 1. The molecule has 0 spiro atoms. The summed E-state index contributed by atoms with van der Waals surface area (Å²) in [6, 6.07) is 16.8. The average molecular weight is 557 g/mol. The van der Waals surface area contributed by atoms with Crippen LogP contribution < -0.4 is 0 Å². The maximum atomic E-state index is 11.3. The molecule has 2 aliphatic rings. The fourth-order valence-corrected chi connectivity index (χ4v) is 5.88. The van der Waals surface area contributed by atoms with Crippen LogP contribution in [0.2, 0.25) is 0 Å². The summed E-state index contributed by atoms with van der Waals surface area (Å²) in [7, 11) is 8.33. The van der Waals surface area contributed by atoms with Gasteiger partial charge in [0, 0.05) is 20.0 Å². The molecular weight excluding hydrogens is 512 g/mol. The van der Waals surface area contributed by atoms with Crippen molar-refractivity contribution in [3.8, 4) is 0 Å². The lowest BCUT2D eigenvalue weighted by molar-refractivity contribution is -0.139. The second-order valence-corrected chi connectivity index (χ2v) is 11.7. The van der Waals surface area contributed by atoms with Gasteiger partial charge in [-0.15, -0.1) is 10.2 Å². The van der Waals surface area contributed by atoms with Crippen molar-refractivity contribution < 1.29 is 14.3 Å². The van der Waals surface area contributed by atoms with E-state index in [0.29, 0.717) is 11.8 Å². The van der Waals surface area contributed by atoms with Crippen LogP contribution in [0.5, 0.6) is 0 Å². The second kappa shape index (κ2) is 13.4. The first-order valence-electron chi connectivity index (χ1n) is 14.5. The van der Waals surface area contributed by atoms with Crippen LogP contribution >= 0.6 is 0 Å². The normalized spacial score (nSPS) is 15.6. The van der Waals surface area contributed by atoms with Gasteiger partial charge in [0.05, 0.1) is 11.8 Å². The smallest absolute Gasteiger partial charge is 0.310 e. The van der Waals surface area contributed by atoms with E-state index in [4.69, 9.17) is 4.42 Å². The first kappa shape index (κ1) is 30.4. The molecule has 2 aliphatic carbocycles. The number of fused-ring (bicyclic) bond motifs is 2. The molecule has 0 saturated carbocycles. The lowest BCUT2D eigenvalue weighted by Crippen LogP contribution is -2.16. The van der Waals surface area contributed by atoms with E-state index in [9.17, 15) is 9.90 Å². The van der Waals surface area contributed by atoms with Crippen LogP contribution in [0, 0.1) is 12.8 Å². The summed E-state index contributed by atoms with van der Waals surface area (Å²) in [6.45, 7) is 7.81. The van der Waals surface area contributed by atoms with Gasteiger partial charge in [-0.3, -0.25) is 4.79 Å². The summed E-state index contributed by atoms with van der Waals surface area (Å²) >= 11 is 0. The van der Waals surface area contributed by atoms with Crippen molar-refractivity contribution in [2.24, 2.45) is 5.92 Å². The molecule has 41 heavy (non-hydrogen) atoms. The maximum absolute atomic E-state index is 11.3. The van der Waals surface area contributed by atoms with Crippen molar-refractivity contribution >= 4 is 17.1 Å². The van der Waals surface area contributed by atoms with E-state index >= 15 is 0 Å². The number of carbonyl (C=O) groups is 1. The molecule has 1 aromatic heterocycles. The molecule has 7 heteroatoms. The number of aryl methyl sites for hydroxylation is 1. The third-order valence-electron chi connectivity index (χ3n) is 8.05. The first-order chi connectivity index (χ1) is 19.6. The predicted octanol–water partition coefficient (Wildman–Crippen LogP) is 6.11. The summed E-state index contributed by atoms with van der Waals surface area (Å²) in [5.41, 5.74) is 10.3. The fraction of sp³-hybridized carbons (Fsp3) is 0.441. The number of rotatable bonds is 10. The molecule has 1 heterocycles. The Kier molecular flexibility index (Phi) is 9.94. The highest BCUT2D eigenvalue weighted by Crippen LogP contribution is 2.43. The van der Waals surface area contributed by atoms with Gasteiger partial charge in [-0.2, -0.15) is 0 Å². The van der Waals surface area contributed by atoms with Crippen molar-refractivity contribution in [1.82, 2.24) is 20.0 Å². The van der Waals surface area contributed by atoms with Gasteiger partial charge in [0.15, 0.2) is 0 Å². The van der Waals surface area contributed by atoms with E-state index in [0.717, 1.165) is 49.9 Å². The molecule has 0 bridgehead atoms. The summed E-state index contributed by atoms with van der Waals surface area (Å²) in [5.74, 6) is 0.312. The van der Waals surface area contributed by atoms with Gasteiger partial charge in [0.1, 0.15) is 0 Å².